The number of aryl methyl sites for hydroxylation is 1. The molecule has 0 bridgehead atoms. The number of aromatic nitrogens is 2. The predicted molar refractivity (Wildman–Crippen MR) is 90.0 cm³/mol. The van der Waals surface area contributed by atoms with Gasteiger partial charge in [0.2, 0.25) is 0 Å². The van der Waals surface area contributed by atoms with Crippen LogP contribution in [0.25, 0.3) is 0 Å². The van der Waals surface area contributed by atoms with E-state index in [4.69, 9.17) is 16.3 Å². The summed E-state index contributed by atoms with van der Waals surface area (Å²) in [6.45, 7) is 1.06. The Labute approximate surface area is 145 Å². The van der Waals surface area contributed by atoms with Gasteiger partial charge in [-0.15, -0.1) is 0 Å². The fraction of sp³-hybridized carbons (Fsp3) is 0.412. The first-order chi connectivity index (χ1) is 11.5. The third kappa shape index (κ3) is 3.61. The quantitative estimate of drug-likeness (QED) is 0.908. The molecule has 6 nitrogen and oxygen atoms in total. The lowest BCUT2D eigenvalue weighted by Gasteiger charge is -2.41. The fourth-order valence-electron chi connectivity index (χ4n) is 2.97. The van der Waals surface area contributed by atoms with Crippen molar-refractivity contribution in [2.75, 3.05) is 26.3 Å². The second-order valence-electron chi connectivity index (χ2n) is 6.12. The SMILES string of the molecule is Cn1cc(C(=O)N2CCO[C@@](CO)(Cc3ccc(Cl)cc3)C2)cn1. The van der Waals surface area contributed by atoms with E-state index in [-0.39, 0.29) is 12.5 Å². The Morgan fingerprint density at radius 2 is 2.17 bits per heavy atom. The van der Waals surface area contributed by atoms with Crippen LogP contribution in [0.1, 0.15) is 15.9 Å². The number of aliphatic hydroxyl groups excluding tert-OH is 1. The van der Waals surface area contributed by atoms with E-state index in [9.17, 15) is 9.90 Å². The molecule has 0 radical (unpaired) electrons. The van der Waals surface area contributed by atoms with Gasteiger partial charge in [0, 0.05) is 31.2 Å². The van der Waals surface area contributed by atoms with E-state index in [1.807, 2.05) is 24.3 Å². The van der Waals surface area contributed by atoms with Crippen molar-refractivity contribution in [3.63, 3.8) is 0 Å². The van der Waals surface area contributed by atoms with Crippen molar-refractivity contribution < 1.29 is 14.6 Å². The van der Waals surface area contributed by atoms with E-state index in [1.165, 1.54) is 0 Å². The predicted octanol–water partition coefficient (Wildman–Crippen LogP) is 1.52. The molecule has 0 spiro atoms. The maximum Gasteiger partial charge on any atom is 0.257 e. The number of nitrogens with zero attached hydrogens (tertiary/aromatic N) is 3. The molecule has 1 atom stereocenters. The fourth-order valence-corrected chi connectivity index (χ4v) is 3.09. The van der Waals surface area contributed by atoms with Crippen LogP contribution in [0.4, 0.5) is 0 Å². The summed E-state index contributed by atoms with van der Waals surface area (Å²) in [5.74, 6) is -0.0969. The number of halogens is 1. The molecule has 1 saturated heterocycles. The second kappa shape index (κ2) is 6.93. The number of rotatable bonds is 4. The van der Waals surface area contributed by atoms with Gasteiger partial charge in [-0.2, -0.15) is 5.10 Å². The summed E-state index contributed by atoms with van der Waals surface area (Å²) in [4.78, 5) is 14.3. The summed E-state index contributed by atoms with van der Waals surface area (Å²) < 4.78 is 7.47. The average Bonchev–Trinajstić information content (AvgIpc) is 3.03. The lowest BCUT2D eigenvalue weighted by molar-refractivity contribution is -0.123. The van der Waals surface area contributed by atoms with Gasteiger partial charge in [0.05, 0.1) is 31.5 Å². The first kappa shape index (κ1) is 17.0. The molecule has 2 aromatic rings. The van der Waals surface area contributed by atoms with Crippen molar-refractivity contribution in [3.8, 4) is 0 Å². The number of benzene rings is 1. The van der Waals surface area contributed by atoms with E-state index < -0.39 is 5.60 Å². The monoisotopic (exact) mass is 349 g/mol. The smallest absolute Gasteiger partial charge is 0.257 e. The molecule has 1 aromatic heterocycles. The Balaban J connectivity index is 1.76. The van der Waals surface area contributed by atoms with Gasteiger partial charge >= 0.3 is 0 Å². The van der Waals surface area contributed by atoms with E-state index in [1.54, 1.807) is 29.0 Å². The summed E-state index contributed by atoms with van der Waals surface area (Å²) in [5, 5.41) is 14.6. The van der Waals surface area contributed by atoms with Crippen LogP contribution in [0.2, 0.25) is 5.02 Å². The molecule has 1 aliphatic heterocycles. The van der Waals surface area contributed by atoms with Crippen LogP contribution in [-0.4, -0.2) is 57.6 Å². The molecule has 24 heavy (non-hydrogen) atoms. The molecule has 1 fully saturated rings. The third-order valence-electron chi connectivity index (χ3n) is 4.22. The van der Waals surface area contributed by atoms with Gasteiger partial charge in [0.25, 0.3) is 5.91 Å². The van der Waals surface area contributed by atoms with Crippen molar-refractivity contribution >= 4 is 17.5 Å². The minimum Gasteiger partial charge on any atom is -0.393 e. The lowest BCUT2D eigenvalue weighted by atomic mass is 9.93. The molecular formula is C17H20ClN3O3. The number of aliphatic hydroxyl groups is 1. The molecule has 7 heteroatoms. The number of hydrogen-bond donors (Lipinski definition) is 1. The Hall–Kier alpha value is -1.89. The number of ether oxygens (including phenoxy) is 1. The minimum atomic E-state index is -0.802. The Bertz CT molecular complexity index is 716. The molecule has 0 saturated carbocycles. The van der Waals surface area contributed by atoms with Gasteiger partial charge in [-0.1, -0.05) is 23.7 Å². The van der Waals surface area contributed by atoms with Gasteiger partial charge in [-0.3, -0.25) is 9.48 Å². The van der Waals surface area contributed by atoms with Crippen LogP contribution < -0.4 is 0 Å². The zero-order valence-electron chi connectivity index (χ0n) is 13.5. The molecule has 0 aliphatic carbocycles. The minimum absolute atomic E-state index is 0.0969. The average molecular weight is 350 g/mol. The van der Waals surface area contributed by atoms with E-state index in [2.05, 4.69) is 5.10 Å². The largest absolute Gasteiger partial charge is 0.393 e. The van der Waals surface area contributed by atoms with Crippen LogP contribution in [0.15, 0.2) is 36.7 Å². The van der Waals surface area contributed by atoms with Crippen molar-refractivity contribution in [1.29, 1.82) is 0 Å². The third-order valence-corrected chi connectivity index (χ3v) is 4.47. The molecule has 1 aromatic carbocycles. The molecule has 1 amide bonds. The van der Waals surface area contributed by atoms with Gasteiger partial charge in [-0.25, -0.2) is 0 Å². The zero-order chi connectivity index (χ0) is 17.2. The highest BCUT2D eigenvalue weighted by Gasteiger charge is 2.38. The van der Waals surface area contributed by atoms with Gasteiger partial charge in [0.15, 0.2) is 0 Å². The number of morpholine rings is 1. The lowest BCUT2D eigenvalue weighted by Crippen LogP contribution is -2.56. The highest BCUT2D eigenvalue weighted by molar-refractivity contribution is 6.30. The Morgan fingerprint density at radius 3 is 2.79 bits per heavy atom. The van der Waals surface area contributed by atoms with Crippen molar-refractivity contribution in [1.82, 2.24) is 14.7 Å². The normalized spacial score (nSPS) is 21.0. The second-order valence-corrected chi connectivity index (χ2v) is 6.56. The number of carbonyl (C=O) groups is 1. The summed E-state index contributed by atoms with van der Waals surface area (Å²) in [5.41, 5.74) is 0.742. The van der Waals surface area contributed by atoms with Crippen LogP contribution in [0.3, 0.4) is 0 Å². The Kier molecular flexibility index (Phi) is 4.89. The summed E-state index contributed by atoms with van der Waals surface area (Å²) >= 11 is 5.92. The standard InChI is InChI=1S/C17H20ClN3O3/c1-20-10-14(9-19-20)16(23)21-6-7-24-17(11-21,12-22)8-13-2-4-15(18)5-3-13/h2-5,9-10,22H,6-8,11-12H2,1H3/t17-/m0/s1. The molecular weight excluding hydrogens is 330 g/mol. The van der Waals surface area contributed by atoms with E-state index >= 15 is 0 Å². The Morgan fingerprint density at radius 1 is 1.42 bits per heavy atom. The zero-order valence-corrected chi connectivity index (χ0v) is 14.2. The van der Waals surface area contributed by atoms with Crippen molar-refractivity contribution in [2.45, 2.75) is 12.0 Å². The van der Waals surface area contributed by atoms with Crippen LogP contribution in [0.5, 0.6) is 0 Å². The van der Waals surface area contributed by atoms with Crippen LogP contribution >= 0.6 is 11.6 Å². The maximum atomic E-state index is 12.6. The van der Waals surface area contributed by atoms with Crippen LogP contribution in [0, 0.1) is 0 Å². The first-order valence-electron chi connectivity index (χ1n) is 7.78. The molecule has 1 N–H and O–H groups in total. The van der Waals surface area contributed by atoms with Crippen LogP contribution in [-0.2, 0) is 18.2 Å². The molecule has 0 unspecified atom stereocenters. The van der Waals surface area contributed by atoms with Gasteiger partial charge in [0.1, 0.15) is 5.60 Å². The number of carbonyl (C=O) groups excluding carboxylic acids is 1. The molecule has 3 rings (SSSR count). The summed E-state index contributed by atoms with van der Waals surface area (Å²) in [6.07, 6.45) is 3.76. The molecule has 1 aliphatic rings. The van der Waals surface area contributed by atoms with E-state index in [0.29, 0.717) is 36.7 Å². The number of hydrogen-bond acceptors (Lipinski definition) is 4. The number of amides is 1. The van der Waals surface area contributed by atoms with Gasteiger partial charge < -0.3 is 14.7 Å². The maximum absolute atomic E-state index is 12.6. The molecule has 128 valence electrons. The first-order valence-corrected chi connectivity index (χ1v) is 8.16. The van der Waals surface area contributed by atoms with E-state index in [0.717, 1.165) is 5.56 Å². The highest BCUT2D eigenvalue weighted by Crippen LogP contribution is 2.25. The van der Waals surface area contributed by atoms with Gasteiger partial charge in [-0.05, 0) is 17.7 Å². The van der Waals surface area contributed by atoms with Crippen molar-refractivity contribution in [2.24, 2.45) is 7.05 Å². The molecule has 2 heterocycles. The highest BCUT2D eigenvalue weighted by atomic mass is 35.5. The summed E-state index contributed by atoms with van der Waals surface area (Å²) in [7, 11) is 1.77. The van der Waals surface area contributed by atoms with Crippen molar-refractivity contribution in [3.05, 3.63) is 52.8 Å². The summed E-state index contributed by atoms with van der Waals surface area (Å²) in [6, 6.07) is 7.43. The topological polar surface area (TPSA) is 67.6 Å².